The second-order valence-corrected chi connectivity index (χ2v) is 5.74. The summed E-state index contributed by atoms with van der Waals surface area (Å²) >= 11 is 0. The van der Waals surface area contributed by atoms with Gasteiger partial charge in [-0.1, -0.05) is 37.6 Å². The number of hydrogen-bond acceptors (Lipinski definition) is 1. The van der Waals surface area contributed by atoms with Gasteiger partial charge in [0.2, 0.25) is 0 Å². The lowest BCUT2D eigenvalue weighted by Gasteiger charge is -2.09. The highest BCUT2D eigenvalue weighted by atomic mass is 15.0. The molecule has 0 bridgehead atoms. The molecule has 3 rings (SSSR count). The summed E-state index contributed by atoms with van der Waals surface area (Å²) in [6.45, 7) is 3.37. The molecule has 0 aromatic heterocycles. The van der Waals surface area contributed by atoms with Crippen LogP contribution in [-0.4, -0.2) is 6.04 Å². The molecule has 2 saturated carbocycles. The van der Waals surface area contributed by atoms with Crippen LogP contribution >= 0.6 is 0 Å². The summed E-state index contributed by atoms with van der Waals surface area (Å²) in [4.78, 5) is 0. The minimum absolute atomic E-state index is 0.808. The molecule has 1 nitrogen and oxygen atoms in total. The molecule has 2 fully saturated rings. The molecule has 1 N–H and O–H groups in total. The molecule has 0 aliphatic heterocycles. The Morgan fingerprint density at radius 3 is 2.82 bits per heavy atom. The van der Waals surface area contributed by atoms with Gasteiger partial charge in [-0.25, -0.2) is 0 Å². The normalized spacial score (nSPS) is 27.1. The monoisotopic (exact) mass is 229 g/mol. The lowest BCUT2D eigenvalue weighted by Crippen LogP contribution is -2.18. The summed E-state index contributed by atoms with van der Waals surface area (Å²) in [7, 11) is 0. The fraction of sp³-hybridized carbons (Fsp3) is 0.625. The number of benzene rings is 1. The first kappa shape index (κ1) is 11.3. The van der Waals surface area contributed by atoms with Crippen LogP contribution in [0.25, 0.3) is 0 Å². The van der Waals surface area contributed by atoms with Crippen molar-refractivity contribution in [1.82, 2.24) is 5.32 Å². The highest BCUT2D eigenvalue weighted by molar-refractivity contribution is 5.33. The van der Waals surface area contributed by atoms with E-state index < -0.39 is 0 Å². The first-order valence-corrected chi connectivity index (χ1v) is 7.19. The third-order valence-electron chi connectivity index (χ3n) is 4.21. The molecule has 1 aromatic rings. The zero-order chi connectivity index (χ0) is 11.7. The largest absolute Gasteiger partial charge is 0.310 e. The van der Waals surface area contributed by atoms with E-state index in [-0.39, 0.29) is 0 Å². The molecule has 2 aliphatic rings. The van der Waals surface area contributed by atoms with Crippen LogP contribution in [0.3, 0.4) is 0 Å². The van der Waals surface area contributed by atoms with Crippen molar-refractivity contribution in [1.29, 1.82) is 0 Å². The Bertz CT molecular complexity index is 381. The van der Waals surface area contributed by atoms with E-state index in [0.717, 1.165) is 24.4 Å². The maximum Gasteiger partial charge on any atom is 0.0211 e. The fourth-order valence-electron chi connectivity index (χ4n) is 2.92. The lowest BCUT2D eigenvalue weighted by molar-refractivity contribution is 0.597. The van der Waals surface area contributed by atoms with Crippen molar-refractivity contribution >= 4 is 0 Å². The van der Waals surface area contributed by atoms with Crippen molar-refractivity contribution in [3.05, 3.63) is 35.4 Å². The van der Waals surface area contributed by atoms with Crippen molar-refractivity contribution in [3.8, 4) is 0 Å². The van der Waals surface area contributed by atoms with Gasteiger partial charge in [0, 0.05) is 12.6 Å². The Hall–Kier alpha value is -0.820. The fourth-order valence-corrected chi connectivity index (χ4v) is 2.92. The average molecular weight is 229 g/mol. The summed E-state index contributed by atoms with van der Waals surface area (Å²) in [5.74, 6) is 1.84. The first-order valence-electron chi connectivity index (χ1n) is 7.19. The zero-order valence-corrected chi connectivity index (χ0v) is 10.8. The van der Waals surface area contributed by atoms with Gasteiger partial charge >= 0.3 is 0 Å². The Morgan fingerprint density at radius 2 is 2.06 bits per heavy atom. The zero-order valence-electron chi connectivity index (χ0n) is 10.8. The molecule has 2 aliphatic carbocycles. The molecule has 92 valence electrons. The first-order chi connectivity index (χ1) is 8.38. The van der Waals surface area contributed by atoms with Crippen LogP contribution in [0.4, 0.5) is 0 Å². The van der Waals surface area contributed by atoms with E-state index in [0.29, 0.717) is 0 Å². The maximum atomic E-state index is 3.73. The topological polar surface area (TPSA) is 12.0 Å². The van der Waals surface area contributed by atoms with E-state index in [1.807, 2.05) is 0 Å². The van der Waals surface area contributed by atoms with Crippen LogP contribution in [0.5, 0.6) is 0 Å². The highest BCUT2D eigenvalue weighted by Gasteiger charge is 2.35. The summed E-state index contributed by atoms with van der Waals surface area (Å²) < 4.78 is 0. The molecule has 2 unspecified atom stereocenters. The predicted molar refractivity (Wildman–Crippen MR) is 72.1 cm³/mol. The number of rotatable bonds is 6. The molecule has 0 radical (unpaired) electrons. The molecular weight excluding hydrogens is 206 g/mol. The van der Waals surface area contributed by atoms with E-state index in [2.05, 4.69) is 36.5 Å². The molecule has 1 aromatic carbocycles. The van der Waals surface area contributed by atoms with Gasteiger partial charge in [0.05, 0.1) is 0 Å². The van der Waals surface area contributed by atoms with Crippen LogP contribution < -0.4 is 5.32 Å². The second kappa shape index (κ2) is 4.81. The molecule has 0 amide bonds. The van der Waals surface area contributed by atoms with Crippen molar-refractivity contribution in [3.63, 3.8) is 0 Å². The number of hydrogen-bond donors (Lipinski definition) is 1. The predicted octanol–water partition coefficient (Wildman–Crippen LogP) is 3.84. The van der Waals surface area contributed by atoms with E-state index in [1.54, 1.807) is 5.56 Å². The summed E-state index contributed by atoms with van der Waals surface area (Å²) in [6, 6.07) is 9.80. The van der Waals surface area contributed by atoms with E-state index in [4.69, 9.17) is 0 Å². The second-order valence-electron chi connectivity index (χ2n) is 5.74. The average Bonchev–Trinajstić information content (AvgIpc) is 3.23. The molecule has 1 heteroatoms. The maximum absolute atomic E-state index is 3.73. The van der Waals surface area contributed by atoms with Crippen molar-refractivity contribution in [2.24, 2.45) is 5.92 Å². The van der Waals surface area contributed by atoms with Gasteiger partial charge in [-0.05, 0) is 48.6 Å². The standard InChI is InChI=1S/C16H23N/c1-2-5-13-10-16(13)17-11-14-6-3-4-7-15(14)12-8-9-12/h3-4,6-7,12-13,16-17H,2,5,8-11H2,1H3. The Labute approximate surface area is 105 Å². The van der Waals surface area contributed by atoms with E-state index in [9.17, 15) is 0 Å². The SMILES string of the molecule is CCCC1CC1NCc1ccccc1C1CC1. The van der Waals surface area contributed by atoms with Crippen LogP contribution in [0.15, 0.2) is 24.3 Å². The van der Waals surface area contributed by atoms with Crippen molar-refractivity contribution in [2.75, 3.05) is 0 Å². The quantitative estimate of drug-likeness (QED) is 0.781. The van der Waals surface area contributed by atoms with Crippen LogP contribution in [0.2, 0.25) is 0 Å². The minimum Gasteiger partial charge on any atom is -0.310 e. The van der Waals surface area contributed by atoms with Gasteiger partial charge in [-0.2, -0.15) is 0 Å². The highest BCUT2D eigenvalue weighted by Crippen LogP contribution is 2.42. The molecule has 0 heterocycles. The Balaban J connectivity index is 1.55. The van der Waals surface area contributed by atoms with Gasteiger partial charge in [0.15, 0.2) is 0 Å². The van der Waals surface area contributed by atoms with Gasteiger partial charge in [0.25, 0.3) is 0 Å². The Morgan fingerprint density at radius 1 is 1.24 bits per heavy atom. The summed E-state index contributed by atoms with van der Waals surface area (Å²) in [5, 5.41) is 3.73. The number of nitrogens with one attached hydrogen (secondary N) is 1. The van der Waals surface area contributed by atoms with Gasteiger partial charge < -0.3 is 5.32 Å². The van der Waals surface area contributed by atoms with E-state index >= 15 is 0 Å². The smallest absolute Gasteiger partial charge is 0.0211 e. The molecule has 0 spiro atoms. The Kier molecular flexibility index (Phi) is 3.19. The molecular formula is C16H23N. The molecule has 2 atom stereocenters. The van der Waals surface area contributed by atoms with Gasteiger partial charge in [-0.3, -0.25) is 0 Å². The van der Waals surface area contributed by atoms with Crippen LogP contribution in [0, 0.1) is 5.92 Å². The summed E-state index contributed by atoms with van der Waals surface area (Å²) in [5.41, 5.74) is 3.14. The van der Waals surface area contributed by atoms with Gasteiger partial charge in [0.1, 0.15) is 0 Å². The third-order valence-corrected chi connectivity index (χ3v) is 4.21. The van der Waals surface area contributed by atoms with Gasteiger partial charge in [-0.15, -0.1) is 0 Å². The van der Waals surface area contributed by atoms with Crippen molar-refractivity contribution < 1.29 is 0 Å². The lowest BCUT2D eigenvalue weighted by atomic mass is 10.0. The minimum atomic E-state index is 0.808. The summed E-state index contributed by atoms with van der Waals surface area (Å²) in [6.07, 6.45) is 6.95. The third kappa shape index (κ3) is 2.71. The van der Waals surface area contributed by atoms with Crippen LogP contribution in [0.1, 0.15) is 56.1 Å². The van der Waals surface area contributed by atoms with E-state index in [1.165, 1.54) is 37.7 Å². The van der Waals surface area contributed by atoms with Crippen molar-refractivity contribution in [2.45, 2.75) is 57.5 Å². The molecule has 0 saturated heterocycles. The molecule has 17 heavy (non-hydrogen) atoms. The van der Waals surface area contributed by atoms with Crippen LogP contribution in [-0.2, 0) is 6.54 Å².